The molecule has 0 aliphatic carbocycles. The van der Waals surface area contributed by atoms with Crippen molar-refractivity contribution in [3.63, 3.8) is 0 Å². The van der Waals surface area contributed by atoms with Crippen LogP contribution in [-0.4, -0.2) is 61.8 Å². The van der Waals surface area contributed by atoms with Crippen molar-refractivity contribution in [2.75, 3.05) is 20.1 Å². The Bertz CT molecular complexity index is 1500. The maximum absolute atomic E-state index is 13.7. The molecule has 0 bridgehead atoms. The number of phenols is 1. The van der Waals surface area contributed by atoms with Gasteiger partial charge < -0.3 is 20.6 Å². The van der Waals surface area contributed by atoms with Crippen LogP contribution in [0.1, 0.15) is 47.1 Å². The van der Waals surface area contributed by atoms with Crippen molar-refractivity contribution in [3.8, 4) is 17.1 Å². The van der Waals surface area contributed by atoms with E-state index in [1.165, 1.54) is 6.07 Å². The molecule has 9 nitrogen and oxygen atoms in total. The number of piperidine rings is 1. The van der Waals surface area contributed by atoms with Crippen molar-refractivity contribution in [1.29, 1.82) is 0 Å². The lowest BCUT2D eigenvalue weighted by atomic mass is 10.1. The summed E-state index contributed by atoms with van der Waals surface area (Å²) in [5.41, 5.74) is 4.54. The highest BCUT2D eigenvalue weighted by molar-refractivity contribution is 6.31. The quantitative estimate of drug-likeness (QED) is 0.302. The Labute approximate surface area is 233 Å². The number of halogens is 1. The molecule has 204 valence electrons. The Balaban J connectivity index is 1.48. The third-order valence-electron chi connectivity index (χ3n) is 7.29. The SMILES string of the molecule is CCn1ncc(CN(C)C(=O)c2nc(-c3cc(Cl)cc(CNC4CCNCC4)c3)nc3ccc(O)cc23)c1C. The highest BCUT2D eigenvalue weighted by atomic mass is 35.5. The number of aromatic hydroxyl groups is 1. The zero-order chi connectivity index (χ0) is 27.5. The van der Waals surface area contributed by atoms with E-state index in [-0.39, 0.29) is 17.4 Å². The second-order valence-corrected chi connectivity index (χ2v) is 10.5. The molecule has 4 aromatic rings. The fraction of sp³-hybridized carbons (Fsp3) is 0.379. The van der Waals surface area contributed by atoms with E-state index in [2.05, 4.69) is 15.7 Å². The van der Waals surface area contributed by atoms with Crippen LogP contribution >= 0.6 is 11.6 Å². The number of rotatable bonds is 8. The molecule has 10 heteroatoms. The number of amides is 1. The minimum Gasteiger partial charge on any atom is -0.508 e. The molecule has 3 heterocycles. The maximum atomic E-state index is 13.7. The molecule has 0 atom stereocenters. The molecule has 3 N–H and O–H groups in total. The summed E-state index contributed by atoms with van der Waals surface area (Å²) >= 11 is 6.52. The van der Waals surface area contributed by atoms with Crippen LogP contribution in [0.2, 0.25) is 5.02 Å². The van der Waals surface area contributed by atoms with E-state index in [4.69, 9.17) is 21.6 Å². The van der Waals surface area contributed by atoms with Crippen LogP contribution in [0.5, 0.6) is 5.75 Å². The summed E-state index contributed by atoms with van der Waals surface area (Å²) in [4.78, 5) is 24.8. The number of benzene rings is 2. The Morgan fingerprint density at radius 2 is 2.00 bits per heavy atom. The summed E-state index contributed by atoms with van der Waals surface area (Å²) in [7, 11) is 1.74. The molecule has 0 saturated carbocycles. The monoisotopic (exact) mass is 547 g/mol. The van der Waals surface area contributed by atoms with Gasteiger partial charge in [-0.2, -0.15) is 5.10 Å². The van der Waals surface area contributed by atoms with Crippen molar-refractivity contribution >= 4 is 28.4 Å². The van der Waals surface area contributed by atoms with Gasteiger partial charge in [-0.25, -0.2) is 9.97 Å². The summed E-state index contributed by atoms with van der Waals surface area (Å²) in [6, 6.07) is 11.0. The number of carbonyl (C=O) groups excluding carboxylic acids is 1. The lowest BCUT2D eigenvalue weighted by molar-refractivity contribution is 0.0781. The van der Waals surface area contributed by atoms with Crippen LogP contribution in [0.3, 0.4) is 0 Å². The minimum absolute atomic E-state index is 0.0460. The van der Waals surface area contributed by atoms with E-state index in [0.717, 1.165) is 54.9 Å². The smallest absolute Gasteiger partial charge is 0.273 e. The molecule has 1 aliphatic rings. The van der Waals surface area contributed by atoms with Gasteiger partial charge in [-0.15, -0.1) is 0 Å². The number of carbonyl (C=O) groups is 1. The first-order valence-electron chi connectivity index (χ1n) is 13.3. The van der Waals surface area contributed by atoms with E-state index in [1.807, 2.05) is 36.7 Å². The molecule has 1 amide bonds. The Hall–Kier alpha value is -3.53. The molecule has 39 heavy (non-hydrogen) atoms. The van der Waals surface area contributed by atoms with Crippen LogP contribution in [0, 0.1) is 6.92 Å². The highest BCUT2D eigenvalue weighted by Gasteiger charge is 2.22. The summed E-state index contributed by atoms with van der Waals surface area (Å²) in [6.07, 6.45) is 3.97. The van der Waals surface area contributed by atoms with Crippen molar-refractivity contribution < 1.29 is 9.90 Å². The van der Waals surface area contributed by atoms with E-state index < -0.39 is 0 Å². The first-order chi connectivity index (χ1) is 18.8. The van der Waals surface area contributed by atoms with Gasteiger partial charge in [0.15, 0.2) is 5.82 Å². The summed E-state index contributed by atoms with van der Waals surface area (Å²) < 4.78 is 1.90. The topological polar surface area (TPSA) is 108 Å². The van der Waals surface area contributed by atoms with Gasteiger partial charge in [-0.3, -0.25) is 9.48 Å². The van der Waals surface area contributed by atoms with E-state index in [9.17, 15) is 9.90 Å². The number of phenolic OH excluding ortho intramolecular Hbond substituents is 1. The normalized spacial score (nSPS) is 14.2. The van der Waals surface area contributed by atoms with Crippen molar-refractivity contribution in [2.45, 2.75) is 52.4 Å². The van der Waals surface area contributed by atoms with E-state index in [0.29, 0.717) is 40.9 Å². The van der Waals surface area contributed by atoms with Gasteiger partial charge in [0, 0.05) is 60.0 Å². The average Bonchev–Trinajstić information content (AvgIpc) is 3.29. The molecule has 1 fully saturated rings. The zero-order valence-corrected chi connectivity index (χ0v) is 23.3. The number of hydrogen-bond acceptors (Lipinski definition) is 7. The molecule has 1 aliphatic heterocycles. The second-order valence-electron chi connectivity index (χ2n) is 10.1. The first kappa shape index (κ1) is 27.1. The summed E-state index contributed by atoms with van der Waals surface area (Å²) in [5, 5.41) is 22.7. The molecular formula is C29H34ClN7O2. The molecule has 0 radical (unpaired) electrons. The van der Waals surface area contributed by atoms with Gasteiger partial charge in [-0.1, -0.05) is 11.6 Å². The second kappa shape index (κ2) is 11.7. The summed E-state index contributed by atoms with van der Waals surface area (Å²) in [6.45, 7) is 7.89. The third-order valence-corrected chi connectivity index (χ3v) is 7.51. The highest BCUT2D eigenvalue weighted by Crippen LogP contribution is 2.28. The average molecular weight is 548 g/mol. The Kier molecular flexibility index (Phi) is 8.11. The molecular weight excluding hydrogens is 514 g/mol. The van der Waals surface area contributed by atoms with Crippen LogP contribution < -0.4 is 10.6 Å². The Morgan fingerprint density at radius 3 is 2.74 bits per heavy atom. The minimum atomic E-state index is -0.271. The van der Waals surface area contributed by atoms with Gasteiger partial charge in [0.2, 0.25) is 0 Å². The molecule has 1 saturated heterocycles. The van der Waals surface area contributed by atoms with Gasteiger partial charge in [0.25, 0.3) is 5.91 Å². The number of hydrogen-bond donors (Lipinski definition) is 3. The van der Waals surface area contributed by atoms with Gasteiger partial charge in [-0.05, 0) is 81.7 Å². The van der Waals surface area contributed by atoms with Crippen LogP contribution in [0.15, 0.2) is 42.6 Å². The first-order valence-corrected chi connectivity index (χ1v) is 13.7. The van der Waals surface area contributed by atoms with Gasteiger partial charge in [0.05, 0.1) is 11.7 Å². The van der Waals surface area contributed by atoms with Crippen molar-refractivity contribution in [1.82, 2.24) is 35.3 Å². The third kappa shape index (κ3) is 6.06. The molecule has 5 rings (SSSR count). The standard InChI is InChI=1S/C29H34ClN7O2/c1-4-37-18(2)21(16-33-37)17-36(3)29(39)27-25-14-24(38)5-6-26(25)34-28(35-27)20-11-19(12-22(30)13-20)15-32-23-7-9-31-10-8-23/h5-6,11-14,16,23,31-32,38H,4,7-10,15,17H2,1-3H3. The number of nitrogens with one attached hydrogen (secondary N) is 2. The van der Waals surface area contributed by atoms with E-state index in [1.54, 1.807) is 30.3 Å². The molecule has 2 aromatic heterocycles. The van der Waals surface area contributed by atoms with Gasteiger partial charge in [0.1, 0.15) is 11.4 Å². The summed E-state index contributed by atoms with van der Waals surface area (Å²) in [5.74, 6) is 0.183. The fourth-order valence-electron chi connectivity index (χ4n) is 5.05. The van der Waals surface area contributed by atoms with Crippen LogP contribution in [0.4, 0.5) is 0 Å². The van der Waals surface area contributed by atoms with Crippen LogP contribution in [0.25, 0.3) is 22.3 Å². The van der Waals surface area contributed by atoms with Gasteiger partial charge >= 0.3 is 0 Å². The lowest BCUT2D eigenvalue weighted by Gasteiger charge is -2.24. The molecule has 2 aromatic carbocycles. The van der Waals surface area contributed by atoms with Crippen molar-refractivity contribution in [3.05, 3.63) is 70.1 Å². The number of fused-ring (bicyclic) bond motifs is 1. The predicted molar refractivity (Wildman–Crippen MR) is 153 cm³/mol. The Morgan fingerprint density at radius 1 is 1.21 bits per heavy atom. The number of aryl methyl sites for hydroxylation is 1. The fourth-order valence-corrected chi connectivity index (χ4v) is 5.30. The largest absolute Gasteiger partial charge is 0.508 e. The number of nitrogens with zero attached hydrogens (tertiary/aromatic N) is 5. The van der Waals surface area contributed by atoms with E-state index >= 15 is 0 Å². The maximum Gasteiger partial charge on any atom is 0.273 e. The lowest BCUT2D eigenvalue weighted by Crippen LogP contribution is -2.39. The number of aromatic nitrogens is 4. The molecule has 0 spiro atoms. The predicted octanol–water partition coefficient (Wildman–Crippen LogP) is 4.29. The van der Waals surface area contributed by atoms with Crippen LogP contribution in [-0.2, 0) is 19.6 Å². The zero-order valence-electron chi connectivity index (χ0n) is 22.5. The van der Waals surface area contributed by atoms with Crippen molar-refractivity contribution in [2.24, 2.45) is 0 Å². The molecule has 0 unspecified atom stereocenters.